The van der Waals surface area contributed by atoms with Gasteiger partial charge in [-0.2, -0.15) is 0 Å². The number of carboxylic acid groups (broad SMARTS) is 1. The standard InChI is InChI=1S/C14H21N3O2/c1-3-17(8-12-6-4-5-11(2)16-12)14(7-13(18)19)9-15-10-14/h4-6,15H,3,7-10H2,1-2H3,(H,18,19). The minimum absolute atomic E-state index is 0.180. The molecule has 5 heteroatoms. The molecular formula is C14H21N3O2. The molecule has 104 valence electrons. The molecule has 19 heavy (non-hydrogen) atoms. The molecule has 1 aliphatic heterocycles. The zero-order valence-electron chi connectivity index (χ0n) is 11.5. The lowest BCUT2D eigenvalue weighted by atomic mass is 9.86. The molecule has 0 spiro atoms. The third-order valence-corrected chi connectivity index (χ3v) is 3.74. The second kappa shape index (κ2) is 5.67. The maximum Gasteiger partial charge on any atom is 0.305 e. The second-order valence-electron chi connectivity index (χ2n) is 5.18. The Morgan fingerprint density at radius 2 is 2.26 bits per heavy atom. The first-order valence-corrected chi connectivity index (χ1v) is 6.66. The Kier molecular flexibility index (Phi) is 4.17. The summed E-state index contributed by atoms with van der Waals surface area (Å²) >= 11 is 0. The molecule has 2 heterocycles. The molecule has 0 radical (unpaired) electrons. The zero-order chi connectivity index (χ0) is 13.9. The molecule has 1 aromatic rings. The van der Waals surface area contributed by atoms with E-state index in [0.29, 0.717) is 6.54 Å². The first-order chi connectivity index (χ1) is 9.05. The van der Waals surface area contributed by atoms with Crippen molar-refractivity contribution in [2.45, 2.75) is 32.4 Å². The molecule has 0 bridgehead atoms. The van der Waals surface area contributed by atoms with Gasteiger partial charge in [0.25, 0.3) is 0 Å². The maximum atomic E-state index is 11.1. The zero-order valence-corrected chi connectivity index (χ0v) is 11.5. The van der Waals surface area contributed by atoms with Crippen molar-refractivity contribution in [1.29, 1.82) is 0 Å². The summed E-state index contributed by atoms with van der Waals surface area (Å²) in [6.45, 7) is 7.03. The molecule has 2 N–H and O–H groups in total. The van der Waals surface area contributed by atoms with Crippen molar-refractivity contribution in [1.82, 2.24) is 15.2 Å². The lowest BCUT2D eigenvalue weighted by Crippen LogP contribution is -2.69. The number of carbonyl (C=O) groups is 1. The van der Waals surface area contributed by atoms with Crippen LogP contribution in [-0.2, 0) is 11.3 Å². The number of hydrogen-bond donors (Lipinski definition) is 2. The van der Waals surface area contributed by atoms with Crippen molar-refractivity contribution in [3.8, 4) is 0 Å². The Bertz CT molecular complexity index is 458. The summed E-state index contributed by atoms with van der Waals surface area (Å²) in [4.78, 5) is 17.8. The van der Waals surface area contributed by atoms with Crippen LogP contribution < -0.4 is 5.32 Å². The molecule has 5 nitrogen and oxygen atoms in total. The van der Waals surface area contributed by atoms with E-state index in [-0.39, 0.29) is 12.0 Å². The van der Waals surface area contributed by atoms with Crippen LogP contribution in [0.25, 0.3) is 0 Å². The van der Waals surface area contributed by atoms with Gasteiger partial charge in [-0.25, -0.2) is 0 Å². The number of hydrogen-bond acceptors (Lipinski definition) is 4. The van der Waals surface area contributed by atoms with Crippen molar-refractivity contribution >= 4 is 5.97 Å². The van der Waals surface area contributed by atoms with Crippen LogP contribution in [0.3, 0.4) is 0 Å². The smallest absolute Gasteiger partial charge is 0.305 e. The highest BCUT2D eigenvalue weighted by Crippen LogP contribution is 2.26. The van der Waals surface area contributed by atoms with Crippen LogP contribution >= 0.6 is 0 Å². The van der Waals surface area contributed by atoms with Gasteiger partial charge in [0, 0.05) is 25.3 Å². The molecule has 1 fully saturated rings. The third kappa shape index (κ3) is 3.11. The summed E-state index contributed by atoms with van der Waals surface area (Å²) in [5.74, 6) is -0.739. The van der Waals surface area contributed by atoms with Gasteiger partial charge in [0.1, 0.15) is 0 Å². The number of nitrogens with one attached hydrogen (secondary N) is 1. The molecule has 0 saturated carbocycles. The van der Waals surface area contributed by atoms with Crippen molar-refractivity contribution in [3.63, 3.8) is 0 Å². The minimum atomic E-state index is -0.739. The van der Waals surface area contributed by atoms with Crippen LogP contribution in [0.2, 0.25) is 0 Å². The van der Waals surface area contributed by atoms with Gasteiger partial charge in [0.05, 0.1) is 17.7 Å². The van der Waals surface area contributed by atoms with E-state index in [9.17, 15) is 4.79 Å². The number of likely N-dealkylation sites (N-methyl/N-ethyl adjacent to an activating group) is 1. The van der Waals surface area contributed by atoms with E-state index in [2.05, 4.69) is 22.1 Å². The lowest BCUT2D eigenvalue weighted by molar-refractivity contribution is -0.142. The summed E-state index contributed by atoms with van der Waals surface area (Å²) in [5.41, 5.74) is 1.73. The monoisotopic (exact) mass is 263 g/mol. The van der Waals surface area contributed by atoms with E-state index < -0.39 is 5.97 Å². The van der Waals surface area contributed by atoms with Gasteiger partial charge in [-0.3, -0.25) is 14.7 Å². The molecule has 0 aliphatic carbocycles. The molecule has 2 rings (SSSR count). The van der Waals surface area contributed by atoms with Crippen LogP contribution in [0.4, 0.5) is 0 Å². The Hall–Kier alpha value is -1.46. The molecule has 0 aromatic carbocycles. The minimum Gasteiger partial charge on any atom is -0.481 e. The SMILES string of the molecule is CCN(Cc1cccc(C)n1)C1(CC(=O)O)CNC1. The number of aromatic nitrogens is 1. The van der Waals surface area contributed by atoms with E-state index in [4.69, 9.17) is 5.11 Å². The van der Waals surface area contributed by atoms with Gasteiger partial charge in [0.15, 0.2) is 0 Å². The Morgan fingerprint density at radius 1 is 1.53 bits per heavy atom. The quantitative estimate of drug-likeness (QED) is 0.802. The predicted molar refractivity (Wildman–Crippen MR) is 72.9 cm³/mol. The largest absolute Gasteiger partial charge is 0.481 e. The molecule has 0 amide bonds. The number of aliphatic carboxylic acids is 1. The first kappa shape index (κ1) is 14.0. The number of rotatable bonds is 6. The highest BCUT2D eigenvalue weighted by molar-refractivity contribution is 5.68. The summed E-state index contributed by atoms with van der Waals surface area (Å²) in [7, 11) is 0. The third-order valence-electron chi connectivity index (χ3n) is 3.74. The van der Waals surface area contributed by atoms with Crippen LogP contribution in [0, 0.1) is 6.92 Å². The number of pyridine rings is 1. The van der Waals surface area contributed by atoms with Gasteiger partial charge < -0.3 is 10.4 Å². The molecule has 1 aromatic heterocycles. The van der Waals surface area contributed by atoms with Crippen molar-refractivity contribution in [2.75, 3.05) is 19.6 Å². The summed E-state index contributed by atoms with van der Waals surface area (Å²) in [6.07, 6.45) is 0.180. The number of aryl methyl sites for hydroxylation is 1. The highest BCUT2D eigenvalue weighted by atomic mass is 16.4. The van der Waals surface area contributed by atoms with Crippen LogP contribution in [0.15, 0.2) is 18.2 Å². The average molecular weight is 263 g/mol. The highest BCUT2D eigenvalue weighted by Gasteiger charge is 2.43. The Morgan fingerprint density at radius 3 is 2.74 bits per heavy atom. The maximum absolute atomic E-state index is 11.1. The topological polar surface area (TPSA) is 65.5 Å². The van der Waals surface area contributed by atoms with Crippen LogP contribution in [0.1, 0.15) is 24.7 Å². The molecular weight excluding hydrogens is 242 g/mol. The molecule has 1 saturated heterocycles. The summed E-state index contributed by atoms with van der Waals surface area (Å²) in [6, 6.07) is 5.96. The van der Waals surface area contributed by atoms with Crippen LogP contribution in [-0.4, -0.2) is 46.1 Å². The molecule has 0 atom stereocenters. The predicted octanol–water partition coefficient (Wildman–Crippen LogP) is 1.03. The normalized spacial score (nSPS) is 17.2. The van der Waals surface area contributed by atoms with Crippen molar-refractivity contribution in [2.24, 2.45) is 0 Å². The van der Waals surface area contributed by atoms with Gasteiger partial charge in [0.2, 0.25) is 0 Å². The van der Waals surface area contributed by atoms with Crippen molar-refractivity contribution in [3.05, 3.63) is 29.6 Å². The molecule has 0 unspecified atom stereocenters. The number of carboxylic acids is 1. The molecule has 1 aliphatic rings. The van der Waals surface area contributed by atoms with E-state index >= 15 is 0 Å². The van der Waals surface area contributed by atoms with Gasteiger partial charge in [-0.1, -0.05) is 13.0 Å². The van der Waals surface area contributed by atoms with Crippen LogP contribution in [0.5, 0.6) is 0 Å². The van der Waals surface area contributed by atoms with E-state index in [1.54, 1.807) is 0 Å². The lowest BCUT2D eigenvalue weighted by Gasteiger charge is -2.49. The first-order valence-electron chi connectivity index (χ1n) is 6.66. The van der Waals surface area contributed by atoms with E-state index in [1.165, 1.54) is 0 Å². The van der Waals surface area contributed by atoms with Gasteiger partial charge in [-0.05, 0) is 25.6 Å². The summed E-state index contributed by atoms with van der Waals surface area (Å²) < 4.78 is 0. The van der Waals surface area contributed by atoms with Gasteiger partial charge in [-0.15, -0.1) is 0 Å². The fourth-order valence-electron chi connectivity index (χ4n) is 2.65. The summed E-state index contributed by atoms with van der Waals surface area (Å²) in [5, 5.41) is 12.3. The number of nitrogens with zero attached hydrogens (tertiary/aromatic N) is 2. The second-order valence-corrected chi connectivity index (χ2v) is 5.18. The Labute approximate surface area is 113 Å². The van der Waals surface area contributed by atoms with E-state index in [0.717, 1.165) is 31.0 Å². The Balaban J connectivity index is 2.12. The van der Waals surface area contributed by atoms with E-state index in [1.807, 2.05) is 25.1 Å². The van der Waals surface area contributed by atoms with Crippen molar-refractivity contribution < 1.29 is 9.90 Å². The fraction of sp³-hybridized carbons (Fsp3) is 0.571. The fourth-order valence-corrected chi connectivity index (χ4v) is 2.65. The van der Waals surface area contributed by atoms with Gasteiger partial charge >= 0.3 is 5.97 Å². The average Bonchev–Trinajstić information content (AvgIpc) is 2.31.